The Balaban J connectivity index is 0.00000180. The molecule has 19 heavy (non-hydrogen) atoms. The maximum absolute atomic E-state index is 12.8. The monoisotopic (exact) mass is 393 g/mol. The molecule has 0 aromatic heterocycles. The van der Waals surface area contributed by atoms with Crippen LogP contribution >= 0.6 is 35.0 Å². The average Bonchev–Trinajstić information content (AvgIpc) is 2.36. The van der Waals surface area contributed by atoms with E-state index in [1.165, 1.54) is 17.7 Å². The SMILES string of the molecule is Cl.NCCc1ccc(Oc2ccc(F)cc2)c(I)c1. The number of hydrogen-bond donors (Lipinski definition) is 1. The molecule has 2 N–H and O–H groups in total. The van der Waals surface area contributed by atoms with E-state index in [9.17, 15) is 4.39 Å². The molecule has 2 nitrogen and oxygen atoms in total. The maximum Gasteiger partial charge on any atom is 0.140 e. The van der Waals surface area contributed by atoms with Crippen molar-refractivity contribution < 1.29 is 9.13 Å². The number of rotatable bonds is 4. The fourth-order valence-corrected chi connectivity index (χ4v) is 2.27. The predicted molar refractivity (Wildman–Crippen MR) is 85.6 cm³/mol. The molecule has 2 aromatic carbocycles. The lowest BCUT2D eigenvalue weighted by Crippen LogP contribution is -2.02. The second kappa shape index (κ2) is 7.67. The van der Waals surface area contributed by atoms with Crippen molar-refractivity contribution in [1.82, 2.24) is 0 Å². The minimum atomic E-state index is -0.268. The van der Waals surface area contributed by atoms with Crippen molar-refractivity contribution in [2.75, 3.05) is 6.54 Å². The van der Waals surface area contributed by atoms with E-state index >= 15 is 0 Å². The van der Waals surface area contributed by atoms with Gasteiger partial charge in [0, 0.05) is 0 Å². The number of halogens is 3. The zero-order chi connectivity index (χ0) is 13.0. The van der Waals surface area contributed by atoms with Gasteiger partial charge >= 0.3 is 0 Å². The van der Waals surface area contributed by atoms with Crippen molar-refractivity contribution in [3.63, 3.8) is 0 Å². The Morgan fingerprint density at radius 2 is 1.79 bits per heavy atom. The second-order valence-corrected chi connectivity index (χ2v) is 5.02. The molecule has 0 aliphatic heterocycles. The lowest BCUT2D eigenvalue weighted by molar-refractivity contribution is 0.477. The molecule has 0 saturated heterocycles. The van der Waals surface area contributed by atoms with Crippen molar-refractivity contribution in [3.8, 4) is 11.5 Å². The summed E-state index contributed by atoms with van der Waals surface area (Å²) in [6, 6.07) is 11.9. The third-order valence-electron chi connectivity index (χ3n) is 2.47. The summed E-state index contributed by atoms with van der Waals surface area (Å²) in [6.07, 6.45) is 0.854. The van der Waals surface area contributed by atoms with Gasteiger partial charge in [-0.3, -0.25) is 0 Å². The summed E-state index contributed by atoms with van der Waals surface area (Å²) in [5.74, 6) is 1.12. The summed E-state index contributed by atoms with van der Waals surface area (Å²) in [5.41, 5.74) is 6.71. The van der Waals surface area contributed by atoms with Gasteiger partial charge in [0.05, 0.1) is 3.57 Å². The average molecular weight is 394 g/mol. The van der Waals surface area contributed by atoms with Crippen LogP contribution in [0.15, 0.2) is 42.5 Å². The molecule has 0 amide bonds. The van der Waals surface area contributed by atoms with Gasteiger partial charge < -0.3 is 10.5 Å². The predicted octanol–water partition coefficient (Wildman–Crippen LogP) is 4.15. The van der Waals surface area contributed by atoms with Gasteiger partial charge in [0.25, 0.3) is 0 Å². The van der Waals surface area contributed by atoms with E-state index in [2.05, 4.69) is 22.6 Å². The lowest BCUT2D eigenvalue weighted by atomic mass is 10.1. The van der Waals surface area contributed by atoms with Crippen LogP contribution < -0.4 is 10.5 Å². The van der Waals surface area contributed by atoms with Crippen molar-refractivity contribution in [2.45, 2.75) is 6.42 Å². The van der Waals surface area contributed by atoms with Gasteiger partial charge in [-0.15, -0.1) is 12.4 Å². The van der Waals surface area contributed by atoms with Crippen LogP contribution in [-0.4, -0.2) is 6.54 Å². The summed E-state index contributed by atoms with van der Waals surface area (Å²) in [4.78, 5) is 0. The second-order valence-electron chi connectivity index (χ2n) is 3.86. The van der Waals surface area contributed by atoms with E-state index in [1.54, 1.807) is 12.1 Å². The molecule has 0 aliphatic carbocycles. The van der Waals surface area contributed by atoms with Gasteiger partial charge in [-0.25, -0.2) is 4.39 Å². The van der Waals surface area contributed by atoms with Gasteiger partial charge in [-0.1, -0.05) is 6.07 Å². The molecule has 0 aliphatic rings. The molecule has 0 atom stereocenters. The highest BCUT2D eigenvalue weighted by Gasteiger charge is 2.04. The van der Waals surface area contributed by atoms with E-state index in [-0.39, 0.29) is 18.2 Å². The molecule has 0 bridgehead atoms. The van der Waals surface area contributed by atoms with Crippen LogP contribution in [0.5, 0.6) is 11.5 Å². The first-order valence-corrected chi connectivity index (χ1v) is 6.69. The molecule has 5 heteroatoms. The summed E-state index contributed by atoms with van der Waals surface area (Å²) in [7, 11) is 0. The Bertz CT molecular complexity index is 533. The molecular formula is C14H14ClFINO. The van der Waals surface area contributed by atoms with E-state index < -0.39 is 0 Å². The first kappa shape index (κ1) is 16.2. The Labute approximate surface area is 131 Å². The Kier molecular flexibility index (Phi) is 6.54. The van der Waals surface area contributed by atoms with Crippen molar-refractivity contribution in [3.05, 3.63) is 57.4 Å². The summed E-state index contributed by atoms with van der Waals surface area (Å²) in [5, 5.41) is 0. The van der Waals surface area contributed by atoms with Crippen LogP contribution in [0, 0.1) is 9.39 Å². The number of hydrogen-bond acceptors (Lipinski definition) is 2. The van der Waals surface area contributed by atoms with Crippen LogP contribution in [0.4, 0.5) is 4.39 Å². The largest absolute Gasteiger partial charge is 0.456 e. The molecule has 2 rings (SSSR count). The molecule has 0 unspecified atom stereocenters. The number of benzene rings is 2. The highest BCUT2D eigenvalue weighted by atomic mass is 127. The van der Waals surface area contributed by atoms with Gasteiger partial charge in [0.1, 0.15) is 17.3 Å². The minimum absolute atomic E-state index is 0. The summed E-state index contributed by atoms with van der Waals surface area (Å²) >= 11 is 2.22. The topological polar surface area (TPSA) is 35.2 Å². The first-order valence-electron chi connectivity index (χ1n) is 5.61. The maximum atomic E-state index is 12.8. The van der Waals surface area contributed by atoms with Gasteiger partial charge in [-0.05, 0) is 77.5 Å². The van der Waals surface area contributed by atoms with Crippen LogP contribution in [-0.2, 0) is 6.42 Å². The van der Waals surface area contributed by atoms with Crippen molar-refractivity contribution >= 4 is 35.0 Å². The third-order valence-corrected chi connectivity index (χ3v) is 3.31. The van der Waals surface area contributed by atoms with Gasteiger partial charge in [0.15, 0.2) is 0 Å². The van der Waals surface area contributed by atoms with Gasteiger partial charge in [0.2, 0.25) is 0 Å². The molecule has 0 radical (unpaired) electrons. The Morgan fingerprint density at radius 1 is 1.11 bits per heavy atom. The smallest absolute Gasteiger partial charge is 0.140 e. The Morgan fingerprint density at radius 3 is 2.37 bits per heavy atom. The fraction of sp³-hybridized carbons (Fsp3) is 0.143. The van der Waals surface area contributed by atoms with Gasteiger partial charge in [-0.2, -0.15) is 0 Å². The highest BCUT2D eigenvalue weighted by Crippen LogP contribution is 2.27. The lowest BCUT2D eigenvalue weighted by Gasteiger charge is -2.09. The molecule has 0 heterocycles. The summed E-state index contributed by atoms with van der Waals surface area (Å²) in [6.45, 7) is 0.633. The Hall–Kier alpha value is -0.850. The molecular weight excluding hydrogens is 380 g/mol. The minimum Gasteiger partial charge on any atom is -0.456 e. The molecule has 0 spiro atoms. The first-order chi connectivity index (χ1) is 8.69. The fourth-order valence-electron chi connectivity index (χ4n) is 1.58. The van der Waals surface area contributed by atoms with Crippen molar-refractivity contribution in [2.24, 2.45) is 5.73 Å². The van der Waals surface area contributed by atoms with Crippen LogP contribution in [0.2, 0.25) is 0 Å². The quantitative estimate of drug-likeness (QED) is 0.792. The molecule has 102 valence electrons. The third kappa shape index (κ3) is 4.63. The van der Waals surface area contributed by atoms with E-state index in [0.29, 0.717) is 12.3 Å². The standard InChI is InChI=1S/C14H13FINO.ClH/c15-11-2-4-12(5-3-11)18-14-6-1-10(7-8-17)9-13(14)16;/h1-6,9H,7-8,17H2;1H. The highest BCUT2D eigenvalue weighted by molar-refractivity contribution is 14.1. The van der Waals surface area contributed by atoms with Crippen LogP contribution in [0.1, 0.15) is 5.56 Å². The van der Waals surface area contributed by atoms with E-state index in [0.717, 1.165) is 15.7 Å². The molecule has 0 fully saturated rings. The van der Waals surface area contributed by atoms with Crippen LogP contribution in [0.3, 0.4) is 0 Å². The van der Waals surface area contributed by atoms with E-state index in [1.807, 2.05) is 18.2 Å². The zero-order valence-electron chi connectivity index (χ0n) is 10.1. The normalized spacial score (nSPS) is 9.84. The van der Waals surface area contributed by atoms with Crippen molar-refractivity contribution in [1.29, 1.82) is 0 Å². The summed E-state index contributed by atoms with van der Waals surface area (Å²) < 4.78 is 19.5. The number of nitrogens with two attached hydrogens (primary N) is 1. The molecule has 2 aromatic rings. The molecule has 0 saturated carbocycles. The number of ether oxygens (including phenoxy) is 1. The van der Waals surface area contributed by atoms with Crippen LogP contribution in [0.25, 0.3) is 0 Å². The van der Waals surface area contributed by atoms with E-state index in [4.69, 9.17) is 10.5 Å². The zero-order valence-corrected chi connectivity index (χ0v) is 13.1.